The minimum Gasteiger partial charge on any atom is -0.388 e. The molecule has 2 saturated heterocycles. The normalized spacial score (nSPS) is 29.1. The van der Waals surface area contributed by atoms with Gasteiger partial charge in [-0.3, -0.25) is 4.79 Å². The molecule has 2 heterocycles. The van der Waals surface area contributed by atoms with Gasteiger partial charge in [-0.25, -0.2) is 8.78 Å². The number of carbonyl (C=O) groups excluding carboxylic acids is 1. The monoisotopic (exact) mass is 297 g/mol. The highest BCUT2D eigenvalue weighted by molar-refractivity contribution is 5.94. The Morgan fingerprint density at radius 1 is 1.29 bits per heavy atom. The summed E-state index contributed by atoms with van der Waals surface area (Å²) >= 11 is 0. The van der Waals surface area contributed by atoms with Crippen molar-refractivity contribution < 1.29 is 23.4 Å². The fourth-order valence-corrected chi connectivity index (χ4v) is 3.18. The lowest BCUT2D eigenvalue weighted by atomic mass is 9.86. The van der Waals surface area contributed by atoms with Crippen molar-refractivity contribution in [3.63, 3.8) is 0 Å². The molecular weight excluding hydrogens is 280 g/mol. The first-order valence-electron chi connectivity index (χ1n) is 7.08. The molecule has 0 bridgehead atoms. The van der Waals surface area contributed by atoms with E-state index in [2.05, 4.69) is 0 Å². The van der Waals surface area contributed by atoms with Crippen LogP contribution in [-0.4, -0.2) is 47.3 Å². The second-order valence-corrected chi connectivity index (χ2v) is 5.69. The van der Waals surface area contributed by atoms with Crippen LogP contribution < -0.4 is 0 Å². The topological polar surface area (TPSA) is 49.8 Å². The summed E-state index contributed by atoms with van der Waals surface area (Å²) in [5.74, 6) is -2.04. The molecule has 1 aromatic carbocycles. The molecule has 0 saturated carbocycles. The Labute approximate surface area is 121 Å². The first-order valence-corrected chi connectivity index (χ1v) is 7.08. The molecule has 1 N–H and O–H groups in total. The lowest BCUT2D eigenvalue weighted by Gasteiger charge is -2.42. The van der Waals surface area contributed by atoms with E-state index in [-0.39, 0.29) is 12.1 Å². The Morgan fingerprint density at radius 2 is 2.00 bits per heavy atom. The molecular formula is C15H17F2NO3. The molecule has 2 aliphatic rings. The van der Waals surface area contributed by atoms with E-state index in [1.54, 1.807) is 0 Å². The third-order valence-electron chi connectivity index (χ3n) is 4.34. The minimum atomic E-state index is -0.786. The number of piperidine rings is 1. The third-order valence-corrected chi connectivity index (χ3v) is 4.34. The zero-order chi connectivity index (χ0) is 15.0. The van der Waals surface area contributed by atoms with E-state index in [9.17, 15) is 18.7 Å². The second kappa shape index (κ2) is 5.35. The van der Waals surface area contributed by atoms with E-state index in [0.29, 0.717) is 19.6 Å². The van der Waals surface area contributed by atoms with Gasteiger partial charge in [-0.05, 0) is 31.4 Å². The summed E-state index contributed by atoms with van der Waals surface area (Å²) < 4.78 is 32.0. The smallest absolute Gasteiger partial charge is 0.254 e. The van der Waals surface area contributed by atoms with Crippen LogP contribution in [0.2, 0.25) is 0 Å². The number of hydrogen-bond acceptors (Lipinski definition) is 3. The maximum atomic E-state index is 13.2. The molecule has 0 unspecified atom stereocenters. The van der Waals surface area contributed by atoms with Crippen molar-refractivity contribution in [3.8, 4) is 0 Å². The highest BCUT2D eigenvalue weighted by Gasteiger charge is 2.46. The van der Waals surface area contributed by atoms with Gasteiger partial charge < -0.3 is 14.7 Å². The molecule has 6 heteroatoms. The van der Waals surface area contributed by atoms with Crippen LogP contribution >= 0.6 is 0 Å². The number of rotatable bonds is 1. The summed E-state index contributed by atoms with van der Waals surface area (Å²) in [6, 6.07) is 2.74. The lowest BCUT2D eigenvalue weighted by molar-refractivity contribution is -0.122. The van der Waals surface area contributed by atoms with Gasteiger partial charge in [0.1, 0.15) is 17.7 Å². The first-order chi connectivity index (χ1) is 10.00. The SMILES string of the molecule is O=C(c1cc(F)cc(F)c1)N1CC[C@@]2(CCCO2)[C@@H](O)C1. The molecule has 2 atom stereocenters. The fraction of sp³-hybridized carbons (Fsp3) is 0.533. The number of β-amino-alcohol motifs (C(OH)–C–C–N with tert-alkyl or cyclic N) is 1. The van der Waals surface area contributed by atoms with Gasteiger partial charge in [0.05, 0.1) is 5.60 Å². The lowest BCUT2D eigenvalue weighted by Crippen LogP contribution is -2.56. The number of aliphatic hydroxyl groups is 1. The number of benzene rings is 1. The molecule has 0 aromatic heterocycles. The van der Waals surface area contributed by atoms with E-state index in [1.165, 1.54) is 4.90 Å². The maximum absolute atomic E-state index is 13.2. The van der Waals surface area contributed by atoms with Crippen LogP contribution in [0.25, 0.3) is 0 Å². The average molecular weight is 297 g/mol. The molecule has 3 rings (SSSR count). The van der Waals surface area contributed by atoms with E-state index in [1.807, 2.05) is 0 Å². The standard InChI is InChI=1S/C15H17F2NO3/c16-11-6-10(7-12(17)8-11)14(20)18-4-3-15(13(19)9-18)2-1-5-21-15/h6-8,13,19H,1-5,9H2/t13-,15-/m0/s1. The number of hydrogen-bond donors (Lipinski definition) is 1. The van der Waals surface area contributed by atoms with Gasteiger partial charge >= 0.3 is 0 Å². The van der Waals surface area contributed by atoms with Gasteiger partial charge in [-0.15, -0.1) is 0 Å². The van der Waals surface area contributed by atoms with Crippen molar-refractivity contribution >= 4 is 5.91 Å². The van der Waals surface area contributed by atoms with E-state index >= 15 is 0 Å². The second-order valence-electron chi connectivity index (χ2n) is 5.69. The van der Waals surface area contributed by atoms with Crippen molar-refractivity contribution in [2.24, 2.45) is 0 Å². The van der Waals surface area contributed by atoms with Crippen molar-refractivity contribution in [2.45, 2.75) is 31.0 Å². The summed E-state index contributed by atoms with van der Waals surface area (Å²) in [5, 5.41) is 10.3. The van der Waals surface area contributed by atoms with E-state index in [0.717, 1.165) is 31.0 Å². The Kier molecular flexibility index (Phi) is 3.67. The van der Waals surface area contributed by atoms with Crippen LogP contribution in [0.4, 0.5) is 8.78 Å². The molecule has 1 spiro atoms. The Balaban J connectivity index is 1.75. The largest absolute Gasteiger partial charge is 0.388 e. The van der Waals surface area contributed by atoms with Crippen LogP contribution in [0.5, 0.6) is 0 Å². The molecule has 114 valence electrons. The predicted octanol–water partition coefficient (Wildman–Crippen LogP) is 1.72. The molecule has 1 amide bonds. The number of halogens is 2. The van der Waals surface area contributed by atoms with Crippen molar-refractivity contribution in [3.05, 3.63) is 35.4 Å². The number of carbonyl (C=O) groups is 1. The Bertz CT molecular complexity index is 538. The summed E-state index contributed by atoms with van der Waals surface area (Å²) in [7, 11) is 0. The summed E-state index contributed by atoms with van der Waals surface area (Å²) in [5.41, 5.74) is -0.591. The van der Waals surface area contributed by atoms with Gasteiger partial charge in [0.25, 0.3) is 5.91 Å². The van der Waals surface area contributed by atoms with Gasteiger partial charge in [0.2, 0.25) is 0 Å². The highest BCUT2D eigenvalue weighted by atomic mass is 19.1. The zero-order valence-electron chi connectivity index (χ0n) is 11.5. The molecule has 1 aromatic rings. The number of amides is 1. The van der Waals surface area contributed by atoms with Crippen LogP contribution in [-0.2, 0) is 4.74 Å². The van der Waals surface area contributed by atoms with Crippen LogP contribution in [0, 0.1) is 11.6 Å². The van der Waals surface area contributed by atoms with Crippen LogP contribution in [0.1, 0.15) is 29.6 Å². The van der Waals surface area contributed by atoms with Crippen molar-refractivity contribution in [1.82, 2.24) is 4.90 Å². The van der Waals surface area contributed by atoms with Crippen molar-refractivity contribution in [1.29, 1.82) is 0 Å². The summed E-state index contributed by atoms with van der Waals surface area (Å²) in [4.78, 5) is 13.7. The van der Waals surface area contributed by atoms with Gasteiger partial charge in [-0.1, -0.05) is 0 Å². The molecule has 4 nitrogen and oxygen atoms in total. The summed E-state index contributed by atoms with van der Waals surface area (Å²) in [6.45, 7) is 1.16. The molecule has 21 heavy (non-hydrogen) atoms. The molecule has 0 radical (unpaired) electrons. The minimum absolute atomic E-state index is 0.0389. The first kappa shape index (κ1) is 14.4. The highest BCUT2D eigenvalue weighted by Crippen LogP contribution is 2.36. The predicted molar refractivity (Wildman–Crippen MR) is 70.8 cm³/mol. The maximum Gasteiger partial charge on any atom is 0.254 e. The molecule has 0 aliphatic carbocycles. The van der Waals surface area contributed by atoms with Crippen molar-refractivity contribution in [2.75, 3.05) is 19.7 Å². The van der Waals surface area contributed by atoms with Gasteiger partial charge in [0, 0.05) is 31.3 Å². The fourth-order valence-electron chi connectivity index (χ4n) is 3.18. The quantitative estimate of drug-likeness (QED) is 0.858. The van der Waals surface area contributed by atoms with E-state index < -0.39 is 29.2 Å². The molecule has 2 aliphatic heterocycles. The summed E-state index contributed by atoms with van der Waals surface area (Å²) in [6.07, 6.45) is 1.46. The Hall–Kier alpha value is -1.53. The number of nitrogens with zero attached hydrogens (tertiary/aromatic N) is 1. The molecule has 2 fully saturated rings. The number of likely N-dealkylation sites (tertiary alicyclic amines) is 1. The Morgan fingerprint density at radius 3 is 2.57 bits per heavy atom. The number of aliphatic hydroxyl groups excluding tert-OH is 1. The van der Waals surface area contributed by atoms with Gasteiger partial charge in [-0.2, -0.15) is 0 Å². The number of ether oxygens (including phenoxy) is 1. The third kappa shape index (κ3) is 2.65. The van der Waals surface area contributed by atoms with E-state index in [4.69, 9.17) is 4.74 Å². The average Bonchev–Trinajstić information content (AvgIpc) is 2.90. The zero-order valence-corrected chi connectivity index (χ0v) is 11.5. The van der Waals surface area contributed by atoms with Gasteiger partial charge in [0.15, 0.2) is 0 Å². The van der Waals surface area contributed by atoms with Crippen LogP contribution in [0.3, 0.4) is 0 Å². The van der Waals surface area contributed by atoms with Crippen LogP contribution in [0.15, 0.2) is 18.2 Å².